The number of rotatable bonds is 6. The van der Waals surface area contributed by atoms with Gasteiger partial charge in [-0.05, 0) is 18.2 Å². The van der Waals surface area contributed by atoms with E-state index in [2.05, 4.69) is 10.6 Å². The van der Waals surface area contributed by atoms with Crippen LogP contribution in [0.2, 0.25) is 0 Å². The third kappa shape index (κ3) is 4.60. The first-order valence-corrected chi connectivity index (χ1v) is 6.75. The first-order valence-electron chi connectivity index (χ1n) is 6.75. The third-order valence-corrected chi connectivity index (χ3v) is 3.01. The van der Waals surface area contributed by atoms with E-state index in [1.165, 1.54) is 12.1 Å². The predicted octanol–water partition coefficient (Wildman–Crippen LogP) is 3.22. The quantitative estimate of drug-likeness (QED) is 0.805. The first kappa shape index (κ1) is 16.0. The fourth-order valence-corrected chi connectivity index (χ4v) is 1.86. The molecule has 1 amide bonds. The smallest absolute Gasteiger partial charge is 0.225 e. The van der Waals surface area contributed by atoms with E-state index in [0.29, 0.717) is 18.7 Å². The Kier molecular flexibility index (Phi) is 5.55. The van der Waals surface area contributed by atoms with Crippen LogP contribution in [0.4, 0.5) is 18.9 Å². The Morgan fingerprint density at radius 2 is 1.73 bits per heavy atom. The van der Waals surface area contributed by atoms with Crippen LogP contribution in [-0.4, -0.2) is 12.5 Å². The number of carbonyl (C=O) groups is 1. The molecule has 2 N–H and O–H groups in total. The Bertz CT molecular complexity index is 662. The molecule has 0 aliphatic rings. The van der Waals surface area contributed by atoms with Crippen molar-refractivity contribution >= 4 is 11.6 Å². The summed E-state index contributed by atoms with van der Waals surface area (Å²) in [6.45, 7) is 0.648. The lowest BCUT2D eigenvalue weighted by molar-refractivity contribution is -0.116. The minimum absolute atomic E-state index is 0.132. The fourth-order valence-electron chi connectivity index (χ4n) is 1.86. The van der Waals surface area contributed by atoms with Gasteiger partial charge in [0.1, 0.15) is 5.82 Å². The van der Waals surface area contributed by atoms with Crippen LogP contribution in [0.15, 0.2) is 42.5 Å². The topological polar surface area (TPSA) is 41.1 Å². The van der Waals surface area contributed by atoms with E-state index in [4.69, 9.17) is 0 Å². The van der Waals surface area contributed by atoms with Gasteiger partial charge in [-0.1, -0.05) is 18.2 Å². The van der Waals surface area contributed by atoms with Crippen molar-refractivity contribution in [2.45, 2.75) is 13.0 Å². The molecule has 2 aromatic rings. The monoisotopic (exact) mass is 308 g/mol. The highest BCUT2D eigenvalue weighted by atomic mass is 19.2. The van der Waals surface area contributed by atoms with Crippen molar-refractivity contribution in [2.75, 3.05) is 11.9 Å². The zero-order valence-corrected chi connectivity index (χ0v) is 11.7. The Morgan fingerprint density at radius 1 is 0.955 bits per heavy atom. The maximum Gasteiger partial charge on any atom is 0.225 e. The molecule has 0 aliphatic carbocycles. The Hall–Kier alpha value is -2.34. The second-order valence-electron chi connectivity index (χ2n) is 4.70. The van der Waals surface area contributed by atoms with E-state index < -0.39 is 11.6 Å². The number of hydrogen-bond donors (Lipinski definition) is 2. The molecule has 0 aliphatic heterocycles. The molecule has 2 rings (SSSR count). The average Bonchev–Trinajstić information content (AvgIpc) is 2.49. The van der Waals surface area contributed by atoms with Crippen molar-refractivity contribution in [3.05, 3.63) is 65.5 Å². The molecule has 3 nitrogen and oxygen atoms in total. The van der Waals surface area contributed by atoms with Gasteiger partial charge in [0.25, 0.3) is 0 Å². The molecule has 0 saturated heterocycles. The van der Waals surface area contributed by atoms with Gasteiger partial charge < -0.3 is 10.6 Å². The van der Waals surface area contributed by atoms with E-state index in [9.17, 15) is 18.0 Å². The maximum absolute atomic E-state index is 13.3. The van der Waals surface area contributed by atoms with Crippen LogP contribution in [0.3, 0.4) is 0 Å². The third-order valence-electron chi connectivity index (χ3n) is 3.01. The summed E-state index contributed by atoms with van der Waals surface area (Å²) in [4.78, 5) is 11.6. The van der Waals surface area contributed by atoms with Crippen LogP contribution in [0.25, 0.3) is 0 Å². The SMILES string of the molecule is O=C(CCNCc1ccccc1F)Nc1ccc(F)c(F)c1. The van der Waals surface area contributed by atoms with Gasteiger partial charge >= 0.3 is 0 Å². The summed E-state index contributed by atoms with van der Waals surface area (Å²) in [5.41, 5.74) is 0.710. The van der Waals surface area contributed by atoms with Crippen molar-refractivity contribution in [1.29, 1.82) is 0 Å². The van der Waals surface area contributed by atoms with E-state index >= 15 is 0 Å². The average molecular weight is 308 g/mol. The highest BCUT2D eigenvalue weighted by Gasteiger charge is 2.06. The van der Waals surface area contributed by atoms with Gasteiger partial charge in [0.15, 0.2) is 11.6 Å². The van der Waals surface area contributed by atoms with Gasteiger partial charge in [0, 0.05) is 36.8 Å². The molecule has 0 saturated carbocycles. The number of benzene rings is 2. The van der Waals surface area contributed by atoms with Crippen LogP contribution in [0.1, 0.15) is 12.0 Å². The molecule has 2 aromatic carbocycles. The van der Waals surface area contributed by atoms with Gasteiger partial charge in [-0.15, -0.1) is 0 Å². The highest BCUT2D eigenvalue weighted by Crippen LogP contribution is 2.13. The Labute approximate surface area is 126 Å². The van der Waals surface area contributed by atoms with Crippen LogP contribution >= 0.6 is 0 Å². The number of carbonyl (C=O) groups excluding carboxylic acids is 1. The van der Waals surface area contributed by atoms with Crippen molar-refractivity contribution < 1.29 is 18.0 Å². The highest BCUT2D eigenvalue weighted by molar-refractivity contribution is 5.90. The first-order chi connectivity index (χ1) is 10.6. The van der Waals surface area contributed by atoms with Crippen molar-refractivity contribution in [3.63, 3.8) is 0 Å². The maximum atomic E-state index is 13.3. The van der Waals surface area contributed by atoms with E-state index in [1.54, 1.807) is 18.2 Å². The molecule has 0 bridgehead atoms. The number of halogens is 3. The lowest BCUT2D eigenvalue weighted by Gasteiger charge is -2.07. The van der Waals surface area contributed by atoms with Gasteiger partial charge in [-0.2, -0.15) is 0 Å². The summed E-state index contributed by atoms with van der Waals surface area (Å²) in [5.74, 6) is -2.63. The Morgan fingerprint density at radius 3 is 2.45 bits per heavy atom. The molecule has 0 atom stereocenters. The summed E-state index contributed by atoms with van der Waals surface area (Å²) in [6, 6.07) is 9.50. The van der Waals surface area contributed by atoms with Gasteiger partial charge in [-0.3, -0.25) is 4.79 Å². The molecule has 0 unspecified atom stereocenters. The number of anilines is 1. The standard InChI is InChI=1S/C16H15F3N2O/c17-13-4-2-1-3-11(13)10-20-8-7-16(22)21-12-5-6-14(18)15(19)9-12/h1-6,9,20H,7-8,10H2,(H,21,22). The van der Waals surface area contributed by atoms with E-state index in [1.807, 2.05) is 0 Å². The second kappa shape index (κ2) is 7.61. The fraction of sp³-hybridized carbons (Fsp3) is 0.188. The molecule has 0 spiro atoms. The van der Waals surface area contributed by atoms with Crippen molar-refractivity contribution in [1.82, 2.24) is 5.32 Å². The lowest BCUT2D eigenvalue weighted by Crippen LogP contribution is -2.22. The molecular formula is C16H15F3N2O. The van der Waals surface area contributed by atoms with Crippen molar-refractivity contribution in [3.8, 4) is 0 Å². The second-order valence-corrected chi connectivity index (χ2v) is 4.70. The number of amides is 1. The van der Waals surface area contributed by atoms with Crippen LogP contribution in [-0.2, 0) is 11.3 Å². The molecule has 6 heteroatoms. The van der Waals surface area contributed by atoms with Crippen LogP contribution in [0.5, 0.6) is 0 Å². The molecule has 0 heterocycles. The van der Waals surface area contributed by atoms with Crippen molar-refractivity contribution in [2.24, 2.45) is 0 Å². The minimum Gasteiger partial charge on any atom is -0.326 e. The van der Waals surface area contributed by atoms with E-state index in [0.717, 1.165) is 12.1 Å². The molecule has 0 radical (unpaired) electrons. The largest absolute Gasteiger partial charge is 0.326 e. The summed E-state index contributed by atoms with van der Waals surface area (Å²) < 4.78 is 39.1. The van der Waals surface area contributed by atoms with Crippen LogP contribution < -0.4 is 10.6 Å². The minimum atomic E-state index is -1.02. The lowest BCUT2D eigenvalue weighted by atomic mass is 10.2. The summed E-state index contributed by atoms with van der Waals surface area (Å²) in [7, 11) is 0. The van der Waals surface area contributed by atoms with E-state index in [-0.39, 0.29) is 23.8 Å². The predicted molar refractivity (Wildman–Crippen MR) is 77.7 cm³/mol. The summed E-state index contributed by atoms with van der Waals surface area (Å²) in [5, 5.41) is 5.41. The van der Waals surface area contributed by atoms with Gasteiger partial charge in [-0.25, -0.2) is 13.2 Å². The molecule has 0 aromatic heterocycles. The van der Waals surface area contributed by atoms with Gasteiger partial charge in [0.05, 0.1) is 0 Å². The zero-order chi connectivity index (χ0) is 15.9. The normalized spacial score (nSPS) is 10.5. The number of nitrogens with one attached hydrogen (secondary N) is 2. The zero-order valence-electron chi connectivity index (χ0n) is 11.7. The van der Waals surface area contributed by atoms with Crippen LogP contribution in [0, 0.1) is 17.5 Å². The number of hydrogen-bond acceptors (Lipinski definition) is 2. The molecule has 0 fully saturated rings. The van der Waals surface area contributed by atoms with Gasteiger partial charge in [0.2, 0.25) is 5.91 Å². The molecule has 22 heavy (non-hydrogen) atoms. The molecular weight excluding hydrogens is 293 g/mol. The summed E-state index contributed by atoms with van der Waals surface area (Å²) >= 11 is 0. The summed E-state index contributed by atoms with van der Waals surface area (Å²) in [6.07, 6.45) is 0.132. The molecule has 116 valence electrons. The Balaban J connectivity index is 1.74.